The smallest absolute Gasteiger partial charge is 0.224 e. The number of hydrogen-bond donors (Lipinski definition) is 2. The van der Waals surface area contributed by atoms with Crippen LogP contribution in [0.5, 0.6) is 0 Å². The molecule has 3 nitrogen and oxygen atoms in total. The van der Waals surface area contributed by atoms with Crippen molar-refractivity contribution in [2.45, 2.75) is 44.7 Å². The Bertz CT molecular complexity index is 340. The van der Waals surface area contributed by atoms with Gasteiger partial charge in [0.25, 0.3) is 0 Å². The predicted octanol–water partition coefficient (Wildman–Crippen LogP) is 1.15. The quantitative estimate of drug-likeness (QED) is 0.752. The van der Waals surface area contributed by atoms with Crippen LogP contribution in [0.1, 0.15) is 32.6 Å². The van der Waals surface area contributed by atoms with E-state index in [1.54, 1.807) is 0 Å². The van der Waals surface area contributed by atoms with E-state index in [1.165, 1.54) is 19.3 Å². The third kappa shape index (κ3) is 1.41. The maximum Gasteiger partial charge on any atom is 0.224 e. The first-order valence-electron chi connectivity index (χ1n) is 7.29. The molecule has 0 aromatic rings. The topological polar surface area (TPSA) is 41.1 Å². The first-order valence-corrected chi connectivity index (χ1v) is 7.29. The molecule has 3 saturated carbocycles. The van der Waals surface area contributed by atoms with Crippen molar-refractivity contribution in [2.75, 3.05) is 6.54 Å². The maximum absolute atomic E-state index is 12.2. The minimum Gasteiger partial charge on any atom is -0.352 e. The van der Waals surface area contributed by atoms with E-state index in [1.807, 2.05) is 0 Å². The second kappa shape index (κ2) is 3.47. The van der Waals surface area contributed by atoms with Gasteiger partial charge in [-0.25, -0.2) is 0 Å². The van der Waals surface area contributed by atoms with Gasteiger partial charge in [-0.05, 0) is 62.8 Å². The third-order valence-electron chi connectivity index (χ3n) is 5.91. The molecule has 94 valence electrons. The number of nitrogens with one attached hydrogen (secondary N) is 2. The van der Waals surface area contributed by atoms with Gasteiger partial charge in [-0.3, -0.25) is 4.79 Å². The minimum atomic E-state index is 0.217. The molecule has 4 rings (SSSR count). The average Bonchev–Trinajstić information content (AvgIpc) is 2.76. The Morgan fingerprint density at radius 2 is 1.88 bits per heavy atom. The van der Waals surface area contributed by atoms with Gasteiger partial charge in [0.15, 0.2) is 0 Å². The zero-order valence-electron chi connectivity index (χ0n) is 10.5. The molecule has 0 aromatic heterocycles. The molecule has 6 atom stereocenters. The number of amides is 1. The molecule has 2 N–H and O–H groups in total. The zero-order chi connectivity index (χ0) is 11.6. The highest BCUT2D eigenvalue weighted by molar-refractivity contribution is 5.80. The van der Waals surface area contributed by atoms with Crippen LogP contribution >= 0.6 is 0 Å². The lowest BCUT2D eigenvalue weighted by atomic mass is 10.0. The summed E-state index contributed by atoms with van der Waals surface area (Å²) < 4.78 is 0. The van der Waals surface area contributed by atoms with E-state index in [4.69, 9.17) is 0 Å². The molecule has 17 heavy (non-hydrogen) atoms. The average molecular weight is 234 g/mol. The molecule has 4 fully saturated rings. The van der Waals surface area contributed by atoms with Crippen molar-refractivity contribution in [3.05, 3.63) is 0 Å². The molecule has 0 aromatic carbocycles. The van der Waals surface area contributed by atoms with Gasteiger partial charge in [-0.2, -0.15) is 0 Å². The second-order valence-electron chi connectivity index (χ2n) is 6.66. The van der Waals surface area contributed by atoms with Crippen LogP contribution in [0.3, 0.4) is 0 Å². The molecule has 6 unspecified atom stereocenters. The Morgan fingerprint density at radius 1 is 1.18 bits per heavy atom. The minimum absolute atomic E-state index is 0.217. The van der Waals surface area contributed by atoms with Crippen molar-refractivity contribution in [1.82, 2.24) is 10.6 Å². The summed E-state index contributed by atoms with van der Waals surface area (Å²) in [5.41, 5.74) is 0. The van der Waals surface area contributed by atoms with Crippen molar-refractivity contribution >= 4 is 5.91 Å². The fourth-order valence-electron chi connectivity index (χ4n) is 5.01. The second-order valence-corrected chi connectivity index (χ2v) is 6.66. The monoisotopic (exact) mass is 234 g/mol. The van der Waals surface area contributed by atoms with Crippen molar-refractivity contribution in [2.24, 2.45) is 29.6 Å². The highest BCUT2D eigenvalue weighted by Crippen LogP contribution is 2.65. The van der Waals surface area contributed by atoms with Crippen molar-refractivity contribution in [1.29, 1.82) is 0 Å². The number of fused-ring (bicyclic) bond motifs is 5. The lowest BCUT2D eigenvalue weighted by Gasteiger charge is -2.17. The molecule has 1 heterocycles. The van der Waals surface area contributed by atoms with Gasteiger partial charge in [-0.1, -0.05) is 0 Å². The van der Waals surface area contributed by atoms with E-state index in [9.17, 15) is 4.79 Å². The van der Waals surface area contributed by atoms with Crippen LogP contribution < -0.4 is 10.6 Å². The van der Waals surface area contributed by atoms with E-state index < -0.39 is 0 Å². The van der Waals surface area contributed by atoms with Crippen molar-refractivity contribution < 1.29 is 4.79 Å². The van der Waals surface area contributed by atoms with Crippen LogP contribution in [-0.4, -0.2) is 24.5 Å². The normalized spacial score (nSPS) is 54.8. The van der Waals surface area contributed by atoms with Crippen molar-refractivity contribution in [3.63, 3.8) is 0 Å². The first-order chi connectivity index (χ1) is 8.25. The summed E-state index contributed by atoms with van der Waals surface area (Å²) in [6.07, 6.45) is 5.34. The lowest BCUT2D eigenvalue weighted by molar-refractivity contribution is -0.125. The Hall–Kier alpha value is -0.570. The number of carbonyl (C=O) groups is 1. The highest BCUT2D eigenvalue weighted by Gasteiger charge is 2.65. The first kappa shape index (κ1) is 10.4. The molecular formula is C14H22N2O. The summed E-state index contributed by atoms with van der Waals surface area (Å²) >= 11 is 0. The van der Waals surface area contributed by atoms with Crippen molar-refractivity contribution in [3.8, 4) is 0 Å². The van der Waals surface area contributed by atoms with E-state index in [2.05, 4.69) is 17.6 Å². The zero-order valence-corrected chi connectivity index (χ0v) is 10.5. The van der Waals surface area contributed by atoms with Gasteiger partial charge in [-0.15, -0.1) is 0 Å². The van der Waals surface area contributed by atoms with E-state index in [-0.39, 0.29) is 5.92 Å². The molecule has 0 spiro atoms. The fraction of sp³-hybridized carbons (Fsp3) is 0.929. The maximum atomic E-state index is 12.2. The fourth-order valence-corrected chi connectivity index (χ4v) is 5.01. The number of carbonyl (C=O) groups excluding carboxylic acids is 1. The predicted molar refractivity (Wildman–Crippen MR) is 65.3 cm³/mol. The molecule has 3 aliphatic carbocycles. The molecular weight excluding hydrogens is 212 g/mol. The molecule has 0 radical (unpaired) electrons. The molecule has 3 heteroatoms. The molecule has 2 bridgehead atoms. The van der Waals surface area contributed by atoms with Gasteiger partial charge < -0.3 is 10.6 Å². The van der Waals surface area contributed by atoms with Gasteiger partial charge in [0, 0.05) is 12.1 Å². The number of hydrogen-bond acceptors (Lipinski definition) is 2. The summed E-state index contributed by atoms with van der Waals surface area (Å²) in [5.74, 6) is 4.17. The third-order valence-corrected chi connectivity index (χ3v) is 5.91. The van der Waals surface area contributed by atoms with Gasteiger partial charge >= 0.3 is 0 Å². The van der Waals surface area contributed by atoms with Crippen LogP contribution in [0.15, 0.2) is 0 Å². The van der Waals surface area contributed by atoms with Gasteiger partial charge in [0.2, 0.25) is 5.91 Å². The Labute approximate surface area is 103 Å². The van der Waals surface area contributed by atoms with E-state index in [0.29, 0.717) is 18.0 Å². The molecule has 1 saturated heterocycles. The molecule has 4 aliphatic rings. The Kier molecular flexibility index (Phi) is 2.11. The lowest BCUT2D eigenvalue weighted by Crippen LogP contribution is -2.39. The van der Waals surface area contributed by atoms with Crippen LogP contribution in [0, 0.1) is 29.6 Å². The summed E-state index contributed by atoms with van der Waals surface area (Å²) in [6.45, 7) is 3.14. The highest BCUT2D eigenvalue weighted by atomic mass is 16.2. The van der Waals surface area contributed by atoms with Gasteiger partial charge in [0.05, 0.1) is 5.92 Å². The molecule has 1 amide bonds. The Balaban J connectivity index is 1.38. The molecule has 1 aliphatic heterocycles. The van der Waals surface area contributed by atoms with Gasteiger partial charge in [0.1, 0.15) is 0 Å². The largest absolute Gasteiger partial charge is 0.352 e. The van der Waals surface area contributed by atoms with E-state index in [0.717, 1.165) is 36.6 Å². The van der Waals surface area contributed by atoms with E-state index >= 15 is 0 Å². The Morgan fingerprint density at radius 3 is 2.47 bits per heavy atom. The summed E-state index contributed by atoms with van der Waals surface area (Å²) in [6, 6.07) is 0.923. The standard InChI is InChI=1S/C14H22N2O/c1-7-10(4-5-15-7)14(17)16-13-11-8-2-3-9(6-8)12(11)13/h7-13,15H,2-6H2,1H3,(H,16,17). The van der Waals surface area contributed by atoms with Crippen LogP contribution in [0.2, 0.25) is 0 Å². The SMILES string of the molecule is CC1NCCC1C(=O)NC1C2C3CCC(C3)C12. The summed E-state index contributed by atoms with van der Waals surface area (Å²) in [5, 5.41) is 6.71. The summed E-state index contributed by atoms with van der Waals surface area (Å²) in [7, 11) is 0. The van der Waals surface area contributed by atoms with Crippen LogP contribution in [0.4, 0.5) is 0 Å². The van der Waals surface area contributed by atoms with Crippen LogP contribution in [0.25, 0.3) is 0 Å². The number of rotatable bonds is 2. The van der Waals surface area contributed by atoms with Crippen LogP contribution in [-0.2, 0) is 4.79 Å². The summed E-state index contributed by atoms with van der Waals surface area (Å²) in [4.78, 5) is 12.2.